The van der Waals surface area contributed by atoms with Gasteiger partial charge in [-0.05, 0) is 35.9 Å². The van der Waals surface area contributed by atoms with E-state index in [2.05, 4.69) is 0 Å². The minimum atomic E-state index is -3.75. The molecule has 1 heterocycles. The van der Waals surface area contributed by atoms with Crippen molar-refractivity contribution in [3.8, 4) is 0 Å². The number of carbonyl (C=O) groups is 1. The number of rotatable bonds is 6. The van der Waals surface area contributed by atoms with Crippen molar-refractivity contribution in [2.45, 2.75) is 10.6 Å². The average molecular weight is 443 g/mol. The first-order chi connectivity index (χ1) is 13.4. The van der Waals surface area contributed by atoms with Gasteiger partial charge >= 0.3 is 0 Å². The normalized spacial score (nSPS) is 15.6. The summed E-state index contributed by atoms with van der Waals surface area (Å²) in [5, 5.41) is 0.677. The lowest BCUT2D eigenvalue weighted by molar-refractivity contribution is -0.129. The Balaban J connectivity index is 1.49. The quantitative estimate of drug-likeness (QED) is 0.689. The largest absolute Gasteiger partial charge is 0.339 e. The van der Waals surface area contributed by atoms with E-state index in [0.717, 1.165) is 11.6 Å². The van der Waals surface area contributed by atoms with Crippen LogP contribution in [0.2, 0.25) is 5.02 Å². The topological polar surface area (TPSA) is 57.7 Å². The standard InChI is InChI=1S/C19H20ClFN2O3S2/c20-16-6-4-15(5-7-16)13-27-14-19(24)22-8-10-23(11-9-22)28(25,26)18-3-1-2-17(21)12-18/h1-7,12H,8-11,13-14H2. The molecule has 1 fully saturated rings. The van der Waals surface area contributed by atoms with Crippen molar-refractivity contribution < 1.29 is 17.6 Å². The van der Waals surface area contributed by atoms with Gasteiger partial charge < -0.3 is 4.90 Å². The summed E-state index contributed by atoms with van der Waals surface area (Å²) in [4.78, 5) is 14.0. The molecular weight excluding hydrogens is 423 g/mol. The fourth-order valence-corrected chi connectivity index (χ4v) is 5.35. The van der Waals surface area contributed by atoms with Crippen molar-refractivity contribution in [1.29, 1.82) is 0 Å². The second kappa shape index (κ2) is 9.26. The van der Waals surface area contributed by atoms with Crippen molar-refractivity contribution in [3.63, 3.8) is 0 Å². The zero-order chi connectivity index (χ0) is 20.1. The summed E-state index contributed by atoms with van der Waals surface area (Å²) in [6.45, 7) is 1.06. The van der Waals surface area contributed by atoms with E-state index in [4.69, 9.17) is 11.6 Å². The molecule has 28 heavy (non-hydrogen) atoms. The van der Waals surface area contributed by atoms with Crippen molar-refractivity contribution >= 4 is 39.3 Å². The highest BCUT2D eigenvalue weighted by Gasteiger charge is 2.30. The maximum Gasteiger partial charge on any atom is 0.243 e. The Bertz CT molecular complexity index is 930. The number of benzene rings is 2. The van der Waals surface area contributed by atoms with Gasteiger partial charge in [0.05, 0.1) is 10.6 Å². The number of halogens is 2. The zero-order valence-electron chi connectivity index (χ0n) is 15.1. The zero-order valence-corrected chi connectivity index (χ0v) is 17.4. The van der Waals surface area contributed by atoms with Gasteiger partial charge in [-0.25, -0.2) is 12.8 Å². The van der Waals surface area contributed by atoms with Gasteiger partial charge in [0.25, 0.3) is 0 Å². The SMILES string of the molecule is O=C(CSCc1ccc(Cl)cc1)N1CCN(S(=O)(=O)c2cccc(F)c2)CC1. The first kappa shape index (κ1) is 21.1. The van der Waals surface area contributed by atoms with Gasteiger partial charge in [-0.2, -0.15) is 4.31 Å². The molecule has 2 aromatic carbocycles. The third-order valence-corrected chi connectivity index (χ3v) is 7.57. The molecule has 0 aliphatic carbocycles. The van der Waals surface area contributed by atoms with E-state index in [1.54, 1.807) is 4.90 Å². The van der Waals surface area contributed by atoms with E-state index < -0.39 is 15.8 Å². The lowest BCUT2D eigenvalue weighted by atomic mass is 10.2. The summed E-state index contributed by atoms with van der Waals surface area (Å²) in [5.41, 5.74) is 1.09. The van der Waals surface area contributed by atoms with Crippen LogP contribution in [0.15, 0.2) is 53.4 Å². The monoisotopic (exact) mass is 442 g/mol. The Morgan fingerprint density at radius 3 is 2.39 bits per heavy atom. The Morgan fingerprint density at radius 2 is 1.75 bits per heavy atom. The van der Waals surface area contributed by atoms with Crippen LogP contribution in [-0.2, 0) is 20.6 Å². The van der Waals surface area contributed by atoms with Crippen LogP contribution in [0.4, 0.5) is 4.39 Å². The molecular formula is C19H20ClFN2O3S2. The highest BCUT2D eigenvalue weighted by molar-refractivity contribution is 7.99. The number of hydrogen-bond acceptors (Lipinski definition) is 4. The summed E-state index contributed by atoms with van der Waals surface area (Å²) in [6.07, 6.45) is 0. The van der Waals surface area contributed by atoms with Crippen LogP contribution in [0.1, 0.15) is 5.56 Å². The van der Waals surface area contributed by atoms with Crippen LogP contribution in [-0.4, -0.2) is 55.5 Å². The van der Waals surface area contributed by atoms with Gasteiger partial charge in [0, 0.05) is 37.0 Å². The summed E-state index contributed by atoms with van der Waals surface area (Å²) < 4.78 is 39.9. The highest BCUT2D eigenvalue weighted by atomic mass is 35.5. The smallest absolute Gasteiger partial charge is 0.243 e. The molecule has 0 bridgehead atoms. The number of thioether (sulfide) groups is 1. The predicted molar refractivity (Wildman–Crippen MR) is 109 cm³/mol. The Labute approximate surface area is 173 Å². The van der Waals surface area contributed by atoms with Gasteiger partial charge in [-0.15, -0.1) is 11.8 Å². The number of amides is 1. The minimum Gasteiger partial charge on any atom is -0.339 e. The number of hydrogen-bond donors (Lipinski definition) is 0. The first-order valence-electron chi connectivity index (χ1n) is 8.72. The van der Waals surface area contributed by atoms with Gasteiger partial charge in [-0.3, -0.25) is 4.79 Å². The number of sulfonamides is 1. The maximum absolute atomic E-state index is 13.3. The molecule has 150 valence electrons. The molecule has 3 rings (SSSR count). The molecule has 1 amide bonds. The van der Waals surface area contributed by atoms with Gasteiger partial charge in [0.15, 0.2) is 0 Å². The molecule has 0 unspecified atom stereocenters. The second-order valence-electron chi connectivity index (χ2n) is 6.36. The van der Waals surface area contributed by atoms with Crippen LogP contribution in [0.5, 0.6) is 0 Å². The van der Waals surface area contributed by atoms with E-state index in [-0.39, 0.29) is 23.9 Å². The predicted octanol–water partition coefficient (Wildman–Crippen LogP) is 3.25. The summed E-state index contributed by atoms with van der Waals surface area (Å²) in [7, 11) is -3.75. The van der Waals surface area contributed by atoms with E-state index in [1.165, 1.54) is 34.3 Å². The van der Waals surface area contributed by atoms with Crippen molar-refractivity contribution in [2.75, 3.05) is 31.9 Å². The molecule has 1 aliphatic heterocycles. The summed E-state index contributed by atoms with van der Waals surface area (Å²) >= 11 is 7.37. The fraction of sp³-hybridized carbons (Fsp3) is 0.316. The molecule has 0 radical (unpaired) electrons. The van der Waals surface area contributed by atoms with Gasteiger partial charge in [0.2, 0.25) is 15.9 Å². The number of carbonyl (C=O) groups excluding carboxylic acids is 1. The molecule has 0 atom stereocenters. The van der Waals surface area contributed by atoms with Gasteiger partial charge in [-0.1, -0.05) is 29.8 Å². The number of piperazine rings is 1. The van der Waals surface area contributed by atoms with Crippen LogP contribution < -0.4 is 0 Å². The molecule has 0 aromatic heterocycles. The van der Waals surface area contributed by atoms with Gasteiger partial charge in [0.1, 0.15) is 5.82 Å². The lowest BCUT2D eigenvalue weighted by Gasteiger charge is -2.34. The Kier molecular flexibility index (Phi) is 6.98. The molecule has 0 spiro atoms. The average Bonchev–Trinajstić information content (AvgIpc) is 2.69. The highest BCUT2D eigenvalue weighted by Crippen LogP contribution is 2.20. The van der Waals surface area contributed by atoms with E-state index in [0.29, 0.717) is 29.6 Å². The molecule has 2 aromatic rings. The Morgan fingerprint density at radius 1 is 1.07 bits per heavy atom. The maximum atomic E-state index is 13.3. The molecule has 9 heteroatoms. The molecule has 1 aliphatic rings. The second-order valence-corrected chi connectivity index (χ2v) is 9.72. The minimum absolute atomic E-state index is 0.0123. The molecule has 0 N–H and O–H groups in total. The van der Waals surface area contributed by atoms with E-state index >= 15 is 0 Å². The van der Waals surface area contributed by atoms with Crippen LogP contribution in [0.3, 0.4) is 0 Å². The number of nitrogens with zero attached hydrogens (tertiary/aromatic N) is 2. The third kappa shape index (κ3) is 5.26. The lowest BCUT2D eigenvalue weighted by Crippen LogP contribution is -2.51. The van der Waals surface area contributed by atoms with Crippen molar-refractivity contribution in [1.82, 2.24) is 9.21 Å². The molecule has 0 saturated carbocycles. The van der Waals surface area contributed by atoms with Crippen molar-refractivity contribution in [3.05, 3.63) is 64.9 Å². The fourth-order valence-electron chi connectivity index (χ4n) is 2.88. The van der Waals surface area contributed by atoms with Crippen molar-refractivity contribution in [2.24, 2.45) is 0 Å². The molecule has 1 saturated heterocycles. The first-order valence-corrected chi connectivity index (χ1v) is 11.7. The summed E-state index contributed by atoms with van der Waals surface area (Å²) in [6, 6.07) is 12.5. The molecule has 5 nitrogen and oxygen atoms in total. The summed E-state index contributed by atoms with van der Waals surface area (Å²) in [5.74, 6) is 0.435. The van der Waals surface area contributed by atoms with E-state index in [1.807, 2.05) is 24.3 Å². The third-order valence-electron chi connectivity index (χ3n) is 4.43. The Hall–Kier alpha value is -1.61. The van der Waals surface area contributed by atoms with Crippen LogP contribution in [0.25, 0.3) is 0 Å². The van der Waals surface area contributed by atoms with Crippen LogP contribution in [0, 0.1) is 5.82 Å². The van der Waals surface area contributed by atoms with E-state index in [9.17, 15) is 17.6 Å². The van der Waals surface area contributed by atoms with Crippen LogP contribution >= 0.6 is 23.4 Å².